The van der Waals surface area contributed by atoms with E-state index in [1.54, 1.807) is 12.1 Å². The zero-order valence-electron chi connectivity index (χ0n) is 7.46. The predicted molar refractivity (Wildman–Crippen MR) is 49.5 cm³/mol. The molecule has 3 nitrogen and oxygen atoms in total. The SMILES string of the molecule is CNCCC#Cc1ccc(C=O)o1. The van der Waals surface area contributed by atoms with Crippen molar-refractivity contribution < 1.29 is 9.21 Å². The normalized spacial score (nSPS) is 9.00. The molecule has 1 aromatic rings. The van der Waals surface area contributed by atoms with Crippen molar-refractivity contribution in [2.45, 2.75) is 6.42 Å². The Bertz CT molecular complexity index is 330. The van der Waals surface area contributed by atoms with E-state index in [9.17, 15) is 4.79 Å². The maximum atomic E-state index is 10.2. The van der Waals surface area contributed by atoms with E-state index in [1.807, 2.05) is 7.05 Å². The number of carbonyl (C=O) groups excluding carboxylic acids is 1. The highest BCUT2D eigenvalue weighted by Gasteiger charge is 1.95. The van der Waals surface area contributed by atoms with Crippen LogP contribution in [0.1, 0.15) is 22.7 Å². The van der Waals surface area contributed by atoms with Gasteiger partial charge in [0, 0.05) is 13.0 Å². The lowest BCUT2D eigenvalue weighted by atomic mass is 10.4. The average molecular weight is 177 g/mol. The summed E-state index contributed by atoms with van der Waals surface area (Å²) in [6, 6.07) is 3.30. The quantitative estimate of drug-likeness (QED) is 0.426. The Morgan fingerprint density at radius 1 is 1.62 bits per heavy atom. The largest absolute Gasteiger partial charge is 0.445 e. The molecule has 1 N–H and O–H groups in total. The molecule has 13 heavy (non-hydrogen) atoms. The first kappa shape index (κ1) is 9.56. The lowest BCUT2D eigenvalue weighted by Gasteiger charge is -1.86. The van der Waals surface area contributed by atoms with Crippen LogP contribution >= 0.6 is 0 Å². The highest BCUT2D eigenvalue weighted by atomic mass is 16.3. The molecule has 0 fully saturated rings. The highest BCUT2D eigenvalue weighted by molar-refractivity contribution is 5.70. The van der Waals surface area contributed by atoms with Crippen LogP contribution in [0, 0.1) is 11.8 Å². The summed E-state index contributed by atoms with van der Waals surface area (Å²) in [5.74, 6) is 6.59. The molecule has 0 aliphatic rings. The van der Waals surface area contributed by atoms with Gasteiger partial charge in [0.05, 0.1) is 0 Å². The van der Waals surface area contributed by atoms with Crippen molar-refractivity contribution in [2.75, 3.05) is 13.6 Å². The first-order valence-corrected chi connectivity index (χ1v) is 4.05. The number of furan rings is 1. The van der Waals surface area contributed by atoms with Crippen molar-refractivity contribution in [3.05, 3.63) is 23.7 Å². The molecule has 0 radical (unpaired) electrons. The maximum absolute atomic E-state index is 10.2. The van der Waals surface area contributed by atoms with Gasteiger partial charge in [0.15, 0.2) is 17.8 Å². The molecule has 0 aliphatic carbocycles. The zero-order valence-corrected chi connectivity index (χ0v) is 7.46. The van der Waals surface area contributed by atoms with Crippen LogP contribution in [0.4, 0.5) is 0 Å². The van der Waals surface area contributed by atoms with Gasteiger partial charge in [-0.2, -0.15) is 0 Å². The number of aldehydes is 1. The van der Waals surface area contributed by atoms with Gasteiger partial charge in [0.25, 0.3) is 0 Å². The molecule has 0 saturated carbocycles. The smallest absolute Gasteiger partial charge is 0.185 e. The van der Waals surface area contributed by atoms with E-state index in [0.717, 1.165) is 13.0 Å². The molecular weight excluding hydrogens is 166 g/mol. The van der Waals surface area contributed by atoms with Crippen molar-refractivity contribution in [1.29, 1.82) is 0 Å². The van der Waals surface area contributed by atoms with Gasteiger partial charge in [0.1, 0.15) is 0 Å². The van der Waals surface area contributed by atoms with Crippen LogP contribution in [-0.4, -0.2) is 19.9 Å². The van der Waals surface area contributed by atoms with Crippen LogP contribution in [0.3, 0.4) is 0 Å². The monoisotopic (exact) mass is 177 g/mol. The Hall–Kier alpha value is -1.53. The summed E-state index contributed by atoms with van der Waals surface area (Å²) in [6.07, 6.45) is 1.44. The lowest BCUT2D eigenvalue weighted by molar-refractivity contribution is 0.110. The molecule has 0 aliphatic heterocycles. The standard InChI is InChI=1S/C10H11NO2/c1-11-7-3-2-4-9-5-6-10(8-12)13-9/h5-6,8,11H,3,7H2,1H3. The number of hydrogen-bond acceptors (Lipinski definition) is 3. The Morgan fingerprint density at radius 3 is 3.08 bits per heavy atom. The zero-order chi connectivity index (χ0) is 9.52. The van der Waals surface area contributed by atoms with E-state index in [2.05, 4.69) is 17.2 Å². The minimum absolute atomic E-state index is 0.318. The van der Waals surface area contributed by atoms with Gasteiger partial charge >= 0.3 is 0 Å². The first-order chi connectivity index (χ1) is 6.36. The Morgan fingerprint density at radius 2 is 2.46 bits per heavy atom. The van der Waals surface area contributed by atoms with Gasteiger partial charge < -0.3 is 9.73 Å². The van der Waals surface area contributed by atoms with E-state index in [0.29, 0.717) is 17.8 Å². The van der Waals surface area contributed by atoms with E-state index in [-0.39, 0.29) is 0 Å². The van der Waals surface area contributed by atoms with E-state index in [1.165, 1.54) is 0 Å². The topological polar surface area (TPSA) is 42.2 Å². The third-order valence-electron chi connectivity index (χ3n) is 1.45. The summed E-state index contributed by atoms with van der Waals surface area (Å²) in [4.78, 5) is 10.2. The fourth-order valence-corrected chi connectivity index (χ4v) is 0.820. The number of hydrogen-bond donors (Lipinski definition) is 1. The molecule has 0 saturated heterocycles. The second-order valence-electron chi connectivity index (χ2n) is 2.48. The van der Waals surface area contributed by atoms with Gasteiger partial charge in [-0.3, -0.25) is 4.79 Å². The summed E-state index contributed by atoms with van der Waals surface area (Å²) in [7, 11) is 1.87. The third-order valence-corrected chi connectivity index (χ3v) is 1.45. The molecule has 0 unspecified atom stereocenters. The predicted octanol–water partition coefficient (Wildman–Crippen LogP) is 1.05. The molecule has 1 heterocycles. The highest BCUT2D eigenvalue weighted by Crippen LogP contribution is 2.03. The van der Waals surface area contributed by atoms with E-state index in [4.69, 9.17) is 4.42 Å². The van der Waals surface area contributed by atoms with Crippen LogP contribution in [-0.2, 0) is 0 Å². The van der Waals surface area contributed by atoms with Crippen LogP contribution in [0.2, 0.25) is 0 Å². The molecular formula is C10H11NO2. The molecule has 3 heteroatoms. The summed E-state index contributed by atoms with van der Waals surface area (Å²) in [6.45, 7) is 0.855. The second kappa shape index (κ2) is 5.18. The van der Waals surface area contributed by atoms with Crippen LogP contribution in [0.15, 0.2) is 16.5 Å². The average Bonchev–Trinajstić information content (AvgIpc) is 2.60. The molecule has 1 rings (SSSR count). The fourth-order valence-electron chi connectivity index (χ4n) is 0.820. The van der Waals surface area contributed by atoms with Crippen LogP contribution in [0.25, 0.3) is 0 Å². The summed E-state index contributed by atoms with van der Waals surface area (Å²) >= 11 is 0. The second-order valence-corrected chi connectivity index (χ2v) is 2.48. The number of nitrogens with one attached hydrogen (secondary N) is 1. The molecule has 0 aromatic carbocycles. The van der Waals surface area contributed by atoms with Crippen molar-refractivity contribution in [1.82, 2.24) is 5.32 Å². The molecule has 0 bridgehead atoms. The fraction of sp³-hybridized carbons (Fsp3) is 0.300. The summed E-state index contributed by atoms with van der Waals surface area (Å²) in [5.41, 5.74) is 0. The maximum Gasteiger partial charge on any atom is 0.185 e. The number of carbonyl (C=O) groups is 1. The Balaban J connectivity index is 2.51. The summed E-state index contributed by atoms with van der Waals surface area (Å²) < 4.78 is 5.05. The van der Waals surface area contributed by atoms with Crippen LogP contribution in [0.5, 0.6) is 0 Å². The van der Waals surface area contributed by atoms with Crippen molar-refractivity contribution >= 4 is 6.29 Å². The molecule has 68 valence electrons. The van der Waals surface area contributed by atoms with Gasteiger partial charge in [-0.1, -0.05) is 5.92 Å². The van der Waals surface area contributed by atoms with Gasteiger partial charge in [0.2, 0.25) is 0 Å². The Kier molecular flexibility index (Phi) is 3.80. The number of rotatable bonds is 3. The van der Waals surface area contributed by atoms with Crippen molar-refractivity contribution in [3.63, 3.8) is 0 Å². The van der Waals surface area contributed by atoms with Crippen LogP contribution < -0.4 is 5.32 Å². The van der Waals surface area contributed by atoms with Crippen molar-refractivity contribution in [3.8, 4) is 11.8 Å². The molecule has 0 spiro atoms. The minimum atomic E-state index is 0.318. The lowest BCUT2D eigenvalue weighted by Crippen LogP contribution is -2.05. The van der Waals surface area contributed by atoms with E-state index >= 15 is 0 Å². The summed E-state index contributed by atoms with van der Waals surface area (Å²) in [5, 5.41) is 2.98. The van der Waals surface area contributed by atoms with E-state index < -0.39 is 0 Å². The van der Waals surface area contributed by atoms with Gasteiger partial charge in [-0.05, 0) is 25.1 Å². The molecule has 0 atom stereocenters. The third kappa shape index (κ3) is 3.14. The molecule has 0 amide bonds. The van der Waals surface area contributed by atoms with Gasteiger partial charge in [-0.25, -0.2) is 0 Å². The van der Waals surface area contributed by atoms with Gasteiger partial charge in [-0.15, -0.1) is 0 Å². The first-order valence-electron chi connectivity index (χ1n) is 4.05. The minimum Gasteiger partial charge on any atom is -0.445 e. The molecule has 1 aromatic heterocycles. The Labute approximate surface area is 77.1 Å². The van der Waals surface area contributed by atoms with Crippen molar-refractivity contribution in [2.24, 2.45) is 0 Å².